The summed E-state index contributed by atoms with van der Waals surface area (Å²) < 4.78 is 27.7. The molecule has 0 saturated carbocycles. The minimum Gasteiger partial charge on any atom is -0.353 e. The van der Waals surface area contributed by atoms with E-state index in [0.29, 0.717) is 21.2 Å². The second kappa shape index (κ2) is 8.44. The molecular formula is C30H31NO2S. The lowest BCUT2D eigenvalue weighted by Crippen LogP contribution is -2.23. The van der Waals surface area contributed by atoms with Crippen LogP contribution in [0.3, 0.4) is 0 Å². The van der Waals surface area contributed by atoms with Crippen LogP contribution in [0.25, 0.3) is 0 Å². The van der Waals surface area contributed by atoms with Gasteiger partial charge in [-0.1, -0.05) is 102 Å². The van der Waals surface area contributed by atoms with Gasteiger partial charge in [0.2, 0.25) is 9.84 Å². The number of benzene rings is 3. The number of fused-ring (bicyclic) bond motifs is 2. The van der Waals surface area contributed by atoms with Gasteiger partial charge in [-0.05, 0) is 46.5 Å². The number of anilines is 2. The van der Waals surface area contributed by atoms with E-state index in [-0.39, 0.29) is 5.41 Å². The first-order valence-corrected chi connectivity index (χ1v) is 12.8. The fourth-order valence-corrected chi connectivity index (χ4v) is 6.20. The third-order valence-electron chi connectivity index (χ3n) is 6.99. The minimum absolute atomic E-state index is 0.294. The van der Waals surface area contributed by atoms with E-state index in [0.717, 1.165) is 22.3 Å². The summed E-state index contributed by atoms with van der Waals surface area (Å²) >= 11 is 0. The lowest BCUT2D eigenvalue weighted by atomic mass is 9.77. The zero-order valence-electron chi connectivity index (χ0n) is 20.2. The Kier molecular flexibility index (Phi) is 5.91. The van der Waals surface area contributed by atoms with E-state index >= 15 is 0 Å². The normalized spacial score (nSPS) is 15.0. The molecule has 3 aromatic carbocycles. The quantitative estimate of drug-likeness (QED) is 0.298. The van der Waals surface area contributed by atoms with Crippen LogP contribution in [-0.2, 0) is 20.7 Å². The Morgan fingerprint density at radius 3 is 1.91 bits per heavy atom. The molecule has 0 atom stereocenters. The topological polar surface area (TPSA) is 46.2 Å². The molecule has 0 spiro atoms. The highest BCUT2D eigenvalue weighted by Crippen LogP contribution is 2.44. The fourth-order valence-electron chi connectivity index (χ4n) is 4.58. The predicted octanol–water partition coefficient (Wildman–Crippen LogP) is 7.48. The molecule has 0 unspecified atom stereocenters. The van der Waals surface area contributed by atoms with E-state index in [2.05, 4.69) is 58.3 Å². The highest BCUT2D eigenvalue weighted by Gasteiger charge is 2.34. The maximum absolute atomic E-state index is 13.9. The van der Waals surface area contributed by atoms with Crippen LogP contribution in [0.2, 0.25) is 0 Å². The summed E-state index contributed by atoms with van der Waals surface area (Å²) in [5.41, 5.74) is 4.37. The van der Waals surface area contributed by atoms with E-state index in [1.165, 1.54) is 0 Å². The molecular weight excluding hydrogens is 438 g/mol. The fraction of sp³-hybridized carbons (Fsp3) is 0.200. The van der Waals surface area contributed by atoms with Gasteiger partial charge < -0.3 is 5.32 Å². The van der Waals surface area contributed by atoms with Gasteiger partial charge in [-0.15, -0.1) is 0 Å². The predicted molar refractivity (Wildman–Crippen MR) is 142 cm³/mol. The highest BCUT2D eigenvalue weighted by molar-refractivity contribution is 7.92. The van der Waals surface area contributed by atoms with Gasteiger partial charge in [0, 0.05) is 10.8 Å². The summed E-state index contributed by atoms with van der Waals surface area (Å²) in [5, 5.41) is 3.33. The van der Waals surface area contributed by atoms with Crippen molar-refractivity contribution >= 4 is 21.2 Å². The Morgan fingerprint density at radius 2 is 1.35 bits per heavy atom. The zero-order chi connectivity index (χ0) is 24.7. The smallest absolute Gasteiger partial charge is 0.210 e. The molecule has 1 N–H and O–H groups in total. The largest absolute Gasteiger partial charge is 0.353 e. The molecule has 0 fully saturated rings. The molecule has 0 aromatic heterocycles. The Labute approximate surface area is 203 Å². The lowest BCUT2D eigenvalue weighted by Gasteiger charge is -2.31. The SMILES string of the molecule is C=C/C=C(\C=C)C(C)(C)c1ccc2c(c1)S(=O)(=O)c1cc(C(C)(C)c3ccccc3)ccc1N2. The van der Waals surface area contributed by atoms with E-state index in [1.54, 1.807) is 18.2 Å². The Bertz CT molecular complexity index is 1410. The van der Waals surface area contributed by atoms with E-state index < -0.39 is 15.3 Å². The van der Waals surface area contributed by atoms with Gasteiger partial charge >= 0.3 is 0 Å². The first kappa shape index (κ1) is 23.8. The Balaban J connectivity index is 1.83. The number of hydrogen-bond donors (Lipinski definition) is 1. The number of sulfone groups is 1. The van der Waals surface area contributed by atoms with Crippen LogP contribution < -0.4 is 5.32 Å². The van der Waals surface area contributed by atoms with Gasteiger partial charge in [0.15, 0.2) is 0 Å². The van der Waals surface area contributed by atoms with Gasteiger partial charge in [-0.25, -0.2) is 8.42 Å². The van der Waals surface area contributed by atoms with E-state index in [4.69, 9.17) is 0 Å². The monoisotopic (exact) mass is 469 g/mol. The molecule has 4 heteroatoms. The molecule has 3 aromatic rings. The number of allylic oxidation sites excluding steroid dienone is 4. The maximum atomic E-state index is 13.9. The number of rotatable bonds is 6. The molecule has 0 amide bonds. The van der Waals surface area contributed by atoms with Gasteiger partial charge in [0.1, 0.15) is 0 Å². The molecule has 3 nitrogen and oxygen atoms in total. The van der Waals surface area contributed by atoms with Crippen molar-refractivity contribution in [3.05, 3.63) is 120 Å². The van der Waals surface area contributed by atoms with Crippen LogP contribution in [0, 0.1) is 0 Å². The molecule has 1 aliphatic rings. The van der Waals surface area contributed by atoms with Crippen molar-refractivity contribution in [3.63, 3.8) is 0 Å². The average molecular weight is 470 g/mol. The highest BCUT2D eigenvalue weighted by atomic mass is 32.2. The second-order valence-electron chi connectivity index (χ2n) is 9.73. The summed E-state index contributed by atoms with van der Waals surface area (Å²) in [6.07, 6.45) is 5.43. The molecule has 0 aliphatic carbocycles. The average Bonchev–Trinajstić information content (AvgIpc) is 2.82. The van der Waals surface area contributed by atoms with Crippen LogP contribution in [0.5, 0.6) is 0 Å². The van der Waals surface area contributed by atoms with Gasteiger partial charge in [-0.2, -0.15) is 0 Å². The van der Waals surface area contributed by atoms with Crippen molar-refractivity contribution in [1.29, 1.82) is 0 Å². The molecule has 174 valence electrons. The number of hydrogen-bond acceptors (Lipinski definition) is 3. The summed E-state index contributed by atoms with van der Waals surface area (Å²) in [6.45, 7) is 16.1. The molecule has 1 aliphatic heterocycles. The van der Waals surface area contributed by atoms with Crippen LogP contribution >= 0.6 is 0 Å². The Morgan fingerprint density at radius 1 is 0.794 bits per heavy atom. The first-order valence-electron chi connectivity index (χ1n) is 11.4. The van der Waals surface area contributed by atoms with Crippen LogP contribution in [-0.4, -0.2) is 8.42 Å². The van der Waals surface area contributed by atoms with Gasteiger partial charge in [0.05, 0.1) is 21.2 Å². The first-order chi connectivity index (χ1) is 16.0. The van der Waals surface area contributed by atoms with E-state index in [9.17, 15) is 8.42 Å². The third kappa shape index (κ3) is 3.82. The van der Waals surface area contributed by atoms with Crippen LogP contribution in [0.4, 0.5) is 11.4 Å². The summed E-state index contributed by atoms with van der Waals surface area (Å²) in [7, 11) is -3.72. The maximum Gasteiger partial charge on any atom is 0.210 e. The summed E-state index contributed by atoms with van der Waals surface area (Å²) in [6, 6.07) is 21.4. The standard InChI is InChI=1S/C30H31NO2S/c1-7-12-21(8-2)29(3,4)23-15-17-25-27(19-23)34(32,33)28-20-24(16-18-26(28)31-25)30(5,6)22-13-10-9-11-14-22/h7-20,31H,1-2H2,3-6H3/b21-12+. The molecule has 0 saturated heterocycles. The van der Waals surface area contributed by atoms with Crippen molar-refractivity contribution in [2.45, 2.75) is 48.3 Å². The molecule has 4 rings (SSSR count). The van der Waals surface area contributed by atoms with Crippen molar-refractivity contribution in [2.24, 2.45) is 0 Å². The Hall–Kier alpha value is -3.37. The minimum atomic E-state index is -3.72. The van der Waals surface area contributed by atoms with Crippen molar-refractivity contribution in [2.75, 3.05) is 5.32 Å². The van der Waals surface area contributed by atoms with Crippen molar-refractivity contribution < 1.29 is 8.42 Å². The second-order valence-corrected chi connectivity index (χ2v) is 11.6. The third-order valence-corrected chi connectivity index (χ3v) is 8.82. The van der Waals surface area contributed by atoms with Crippen molar-refractivity contribution in [1.82, 2.24) is 0 Å². The van der Waals surface area contributed by atoms with Gasteiger partial charge in [-0.3, -0.25) is 0 Å². The van der Waals surface area contributed by atoms with Gasteiger partial charge in [0.25, 0.3) is 0 Å². The van der Waals surface area contributed by atoms with E-state index in [1.807, 2.05) is 54.6 Å². The molecule has 34 heavy (non-hydrogen) atoms. The number of nitrogens with one attached hydrogen (secondary N) is 1. The molecule has 0 bridgehead atoms. The van der Waals surface area contributed by atoms with Crippen LogP contribution in [0.1, 0.15) is 44.4 Å². The lowest BCUT2D eigenvalue weighted by molar-refractivity contribution is 0.592. The van der Waals surface area contributed by atoms with Crippen molar-refractivity contribution in [3.8, 4) is 0 Å². The van der Waals surface area contributed by atoms with Crippen LogP contribution in [0.15, 0.2) is 113 Å². The molecule has 1 heterocycles. The zero-order valence-corrected chi connectivity index (χ0v) is 21.0. The summed E-state index contributed by atoms with van der Waals surface area (Å²) in [5.74, 6) is 0. The summed E-state index contributed by atoms with van der Waals surface area (Å²) in [4.78, 5) is 0.601. The molecule has 0 radical (unpaired) electrons.